The average molecular weight is 191 g/mol. The van der Waals surface area contributed by atoms with Crippen molar-refractivity contribution in [2.45, 2.75) is 19.9 Å². The van der Waals surface area contributed by atoms with E-state index in [1.165, 1.54) is 0 Å². The summed E-state index contributed by atoms with van der Waals surface area (Å²) in [6, 6.07) is 1.66. The number of aryl methyl sites for hydroxylation is 1. The predicted octanol–water partition coefficient (Wildman–Crippen LogP) is 1.23. The Hall–Kier alpha value is -1.76. The maximum Gasteiger partial charge on any atom is 0.227 e. The minimum Gasteiger partial charge on any atom is -0.481 e. The molecule has 0 fully saturated rings. The summed E-state index contributed by atoms with van der Waals surface area (Å²) in [5.74, 6) is 3.56. The monoisotopic (exact) mass is 191 g/mol. The van der Waals surface area contributed by atoms with Gasteiger partial charge in [-0.25, -0.2) is 4.98 Å². The summed E-state index contributed by atoms with van der Waals surface area (Å²) in [4.78, 5) is 8.27. The molecule has 0 aliphatic heterocycles. The van der Waals surface area contributed by atoms with Gasteiger partial charge < -0.3 is 10.1 Å². The van der Waals surface area contributed by atoms with Gasteiger partial charge in [-0.1, -0.05) is 5.92 Å². The maximum atomic E-state index is 5.23. The molecule has 74 valence electrons. The summed E-state index contributed by atoms with van der Waals surface area (Å²) in [6.07, 6.45) is 5.23. The minimum atomic E-state index is -0.0958. The highest BCUT2D eigenvalue weighted by Gasteiger charge is 2.03. The second-order valence-electron chi connectivity index (χ2n) is 2.91. The number of hydrogen-bond acceptors (Lipinski definition) is 4. The van der Waals surface area contributed by atoms with E-state index in [0.29, 0.717) is 11.8 Å². The molecule has 0 saturated carbocycles. The first-order valence-electron chi connectivity index (χ1n) is 4.28. The molecule has 0 spiro atoms. The SMILES string of the molecule is C#CC(C)Nc1nc(C)cc(OC)n1. The molecule has 1 heterocycles. The first kappa shape index (κ1) is 10.3. The zero-order valence-electron chi connectivity index (χ0n) is 8.53. The normalized spacial score (nSPS) is 11.6. The number of ether oxygens (including phenoxy) is 1. The Morgan fingerprint density at radius 2 is 2.29 bits per heavy atom. The Balaban J connectivity index is 2.87. The molecule has 0 saturated heterocycles. The van der Waals surface area contributed by atoms with Crippen LogP contribution < -0.4 is 10.1 Å². The fourth-order valence-corrected chi connectivity index (χ4v) is 0.944. The Morgan fingerprint density at radius 1 is 1.57 bits per heavy atom. The lowest BCUT2D eigenvalue weighted by Gasteiger charge is -2.08. The van der Waals surface area contributed by atoms with Crippen molar-refractivity contribution >= 4 is 5.95 Å². The number of anilines is 1. The third-order valence-corrected chi connectivity index (χ3v) is 1.64. The molecule has 1 atom stereocenters. The standard InChI is InChI=1S/C10H13N3O/c1-5-7(2)11-10-12-8(3)6-9(13-10)14-4/h1,6-7H,2-4H3,(H,11,12,13). The highest BCUT2D eigenvalue weighted by atomic mass is 16.5. The summed E-state index contributed by atoms with van der Waals surface area (Å²) < 4.78 is 5.01. The lowest BCUT2D eigenvalue weighted by atomic mass is 10.4. The maximum absolute atomic E-state index is 5.23. The van der Waals surface area contributed by atoms with Crippen molar-refractivity contribution < 1.29 is 4.74 Å². The zero-order valence-corrected chi connectivity index (χ0v) is 8.53. The van der Waals surface area contributed by atoms with Crippen LogP contribution in [0.1, 0.15) is 12.6 Å². The molecule has 1 unspecified atom stereocenters. The van der Waals surface area contributed by atoms with Crippen LogP contribution in [0.3, 0.4) is 0 Å². The summed E-state index contributed by atoms with van der Waals surface area (Å²) >= 11 is 0. The minimum absolute atomic E-state index is 0.0958. The first-order chi connectivity index (χ1) is 6.65. The van der Waals surface area contributed by atoms with E-state index in [1.807, 2.05) is 13.8 Å². The molecule has 0 aliphatic carbocycles. The number of terminal acetylenes is 1. The van der Waals surface area contributed by atoms with Gasteiger partial charge in [-0.3, -0.25) is 0 Å². The number of hydrogen-bond donors (Lipinski definition) is 1. The molecule has 4 nitrogen and oxygen atoms in total. The zero-order chi connectivity index (χ0) is 10.6. The van der Waals surface area contributed by atoms with E-state index < -0.39 is 0 Å². The number of methoxy groups -OCH3 is 1. The molecular weight excluding hydrogens is 178 g/mol. The van der Waals surface area contributed by atoms with E-state index in [-0.39, 0.29) is 6.04 Å². The fraction of sp³-hybridized carbons (Fsp3) is 0.400. The molecule has 0 radical (unpaired) electrons. The highest BCUT2D eigenvalue weighted by molar-refractivity contribution is 5.33. The third kappa shape index (κ3) is 2.63. The largest absolute Gasteiger partial charge is 0.481 e. The Bertz CT molecular complexity index is 357. The van der Waals surface area contributed by atoms with Gasteiger partial charge in [-0.15, -0.1) is 6.42 Å². The molecule has 1 aromatic heterocycles. The van der Waals surface area contributed by atoms with E-state index in [4.69, 9.17) is 11.2 Å². The number of rotatable bonds is 3. The second-order valence-corrected chi connectivity index (χ2v) is 2.91. The second kappa shape index (κ2) is 4.47. The smallest absolute Gasteiger partial charge is 0.227 e. The lowest BCUT2D eigenvalue weighted by Crippen LogP contribution is -2.15. The van der Waals surface area contributed by atoms with E-state index in [1.54, 1.807) is 13.2 Å². The van der Waals surface area contributed by atoms with Crippen LogP contribution in [0.2, 0.25) is 0 Å². The van der Waals surface area contributed by atoms with Crippen LogP contribution in [0.25, 0.3) is 0 Å². The molecule has 0 aliphatic rings. The van der Waals surface area contributed by atoms with Gasteiger partial charge >= 0.3 is 0 Å². The number of nitrogens with one attached hydrogen (secondary N) is 1. The summed E-state index contributed by atoms with van der Waals surface area (Å²) in [6.45, 7) is 3.73. The van der Waals surface area contributed by atoms with Crippen LogP contribution in [0.15, 0.2) is 6.07 Å². The first-order valence-corrected chi connectivity index (χ1v) is 4.28. The van der Waals surface area contributed by atoms with Crippen molar-refractivity contribution in [1.82, 2.24) is 9.97 Å². The van der Waals surface area contributed by atoms with Gasteiger partial charge in [0.05, 0.1) is 13.2 Å². The molecule has 0 aromatic carbocycles. The summed E-state index contributed by atoms with van der Waals surface area (Å²) in [5, 5.41) is 2.97. The highest BCUT2D eigenvalue weighted by Crippen LogP contribution is 2.11. The van der Waals surface area contributed by atoms with Crippen molar-refractivity contribution in [3.63, 3.8) is 0 Å². The van der Waals surface area contributed by atoms with Crippen molar-refractivity contribution in [1.29, 1.82) is 0 Å². The van der Waals surface area contributed by atoms with Gasteiger partial charge in [0.2, 0.25) is 11.8 Å². The quantitative estimate of drug-likeness (QED) is 0.730. The Morgan fingerprint density at radius 3 is 2.86 bits per heavy atom. The van der Waals surface area contributed by atoms with Crippen molar-refractivity contribution in [3.05, 3.63) is 11.8 Å². The Kier molecular flexibility index (Phi) is 3.29. The number of aromatic nitrogens is 2. The van der Waals surface area contributed by atoms with Crippen molar-refractivity contribution in [2.75, 3.05) is 12.4 Å². The molecular formula is C10H13N3O. The molecule has 1 N–H and O–H groups in total. The van der Waals surface area contributed by atoms with E-state index in [2.05, 4.69) is 21.2 Å². The molecule has 0 bridgehead atoms. The van der Waals surface area contributed by atoms with Gasteiger partial charge in [0.25, 0.3) is 0 Å². The fourth-order valence-electron chi connectivity index (χ4n) is 0.944. The van der Waals surface area contributed by atoms with E-state index in [9.17, 15) is 0 Å². The van der Waals surface area contributed by atoms with Crippen LogP contribution in [-0.2, 0) is 0 Å². The van der Waals surface area contributed by atoms with E-state index >= 15 is 0 Å². The summed E-state index contributed by atoms with van der Waals surface area (Å²) in [7, 11) is 1.57. The molecule has 1 aromatic rings. The lowest BCUT2D eigenvalue weighted by molar-refractivity contribution is 0.397. The van der Waals surface area contributed by atoms with Crippen molar-refractivity contribution in [2.24, 2.45) is 0 Å². The molecule has 1 rings (SSSR count). The molecule has 0 amide bonds. The van der Waals surface area contributed by atoms with Crippen LogP contribution in [0, 0.1) is 19.3 Å². The molecule has 14 heavy (non-hydrogen) atoms. The van der Waals surface area contributed by atoms with Gasteiger partial charge in [-0.05, 0) is 13.8 Å². The van der Waals surface area contributed by atoms with Crippen LogP contribution in [0.5, 0.6) is 5.88 Å². The Labute approximate surface area is 83.7 Å². The van der Waals surface area contributed by atoms with Crippen LogP contribution >= 0.6 is 0 Å². The van der Waals surface area contributed by atoms with Gasteiger partial charge in [0.1, 0.15) is 0 Å². The topological polar surface area (TPSA) is 47.0 Å². The van der Waals surface area contributed by atoms with Crippen LogP contribution in [-0.4, -0.2) is 23.1 Å². The molecule has 4 heteroatoms. The van der Waals surface area contributed by atoms with E-state index in [0.717, 1.165) is 5.69 Å². The average Bonchev–Trinajstić information content (AvgIpc) is 2.16. The third-order valence-electron chi connectivity index (χ3n) is 1.64. The van der Waals surface area contributed by atoms with Gasteiger partial charge in [0.15, 0.2) is 0 Å². The van der Waals surface area contributed by atoms with Crippen LogP contribution in [0.4, 0.5) is 5.95 Å². The van der Waals surface area contributed by atoms with Crippen molar-refractivity contribution in [3.8, 4) is 18.2 Å². The van der Waals surface area contributed by atoms with Gasteiger partial charge in [0, 0.05) is 11.8 Å². The number of nitrogens with zero attached hydrogens (tertiary/aromatic N) is 2. The predicted molar refractivity (Wildman–Crippen MR) is 55.2 cm³/mol. The van der Waals surface area contributed by atoms with Gasteiger partial charge in [-0.2, -0.15) is 4.98 Å². The summed E-state index contributed by atoms with van der Waals surface area (Å²) in [5.41, 5.74) is 0.837.